The number of hydrogen-bond acceptors (Lipinski definition) is 5. The second-order valence-electron chi connectivity index (χ2n) is 4.49. The topological polar surface area (TPSA) is 59.2 Å². The van der Waals surface area contributed by atoms with Crippen molar-refractivity contribution in [3.05, 3.63) is 28.5 Å². The number of benzene rings is 1. The van der Waals surface area contributed by atoms with Gasteiger partial charge in [-0.1, -0.05) is 0 Å². The average Bonchev–Trinajstić information content (AvgIpc) is 2.93. The minimum absolute atomic E-state index is 0.457. The minimum atomic E-state index is 0.457. The SMILES string of the molecule is COc1ccc(OC)c(-c2[nH]c(=S)nc3c2CCN3)c1. The lowest BCUT2D eigenvalue weighted by molar-refractivity contribution is 0.404. The standard InChI is InChI=1S/C14H15N3O2S/c1-18-8-3-4-11(19-2)10(7-8)12-9-5-6-15-13(9)17-14(20)16-12/h3-4,7H,5-6H2,1-2H3,(H2,15,16,17,20). The van der Waals surface area contributed by atoms with Gasteiger partial charge in [0.1, 0.15) is 17.3 Å². The summed E-state index contributed by atoms with van der Waals surface area (Å²) in [5, 5.41) is 3.25. The molecule has 0 aliphatic carbocycles. The molecule has 104 valence electrons. The van der Waals surface area contributed by atoms with Crippen LogP contribution in [0.15, 0.2) is 18.2 Å². The number of aromatic amines is 1. The lowest BCUT2D eigenvalue weighted by atomic mass is 10.0. The van der Waals surface area contributed by atoms with E-state index in [2.05, 4.69) is 15.3 Å². The fourth-order valence-electron chi connectivity index (χ4n) is 2.43. The van der Waals surface area contributed by atoms with E-state index >= 15 is 0 Å². The molecule has 0 fully saturated rings. The third kappa shape index (κ3) is 2.12. The Morgan fingerprint density at radius 1 is 1.25 bits per heavy atom. The Morgan fingerprint density at radius 2 is 2.10 bits per heavy atom. The Morgan fingerprint density at radius 3 is 2.85 bits per heavy atom. The number of anilines is 1. The molecule has 0 bridgehead atoms. The molecule has 1 aromatic heterocycles. The minimum Gasteiger partial charge on any atom is -0.497 e. The molecule has 0 unspecified atom stereocenters. The highest BCUT2D eigenvalue weighted by Gasteiger charge is 2.20. The van der Waals surface area contributed by atoms with Crippen molar-refractivity contribution in [2.45, 2.75) is 6.42 Å². The van der Waals surface area contributed by atoms with E-state index in [1.807, 2.05) is 18.2 Å². The van der Waals surface area contributed by atoms with Gasteiger partial charge in [-0.25, -0.2) is 4.98 Å². The van der Waals surface area contributed by atoms with Gasteiger partial charge in [0.05, 0.1) is 19.9 Å². The van der Waals surface area contributed by atoms with E-state index in [9.17, 15) is 0 Å². The molecule has 2 N–H and O–H groups in total. The number of hydrogen-bond donors (Lipinski definition) is 2. The van der Waals surface area contributed by atoms with Gasteiger partial charge in [-0.15, -0.1) is 0 Å². The summed E-state index contributed by atoms with van der Waals surface area (Å²) in [6.45, 7) is 0.869. The van der Waals surface area contributed by atoms with E-state index in [4.69, 9.17) is 21.7 Å². The Labute approximate surface area is 122 Å². The van der Waals surface area contributed by atoms with E-state index in [1.54, 1.807) is 14.2 Å². The van der Waals surface area contributed by atoms with E-state index in [1.165, 1.54) is 0 Å². The fraction of sp³-hybridized carbons (Fsp3) is 0.286. The highest BCUT2D eigenvalue weighted by molar-refractivity contribution is 7.71. The zero-order valence-corrected chi connectivity index (χ0v) is 12.1. The monoisotopic (exact) mass is 289 g/mol. The summed E-state index contributed by atoms with van der Waals surface area (Å²) in [5.41, 5.74) is 3.01. The Hall–Kier alpha value is -2.08. The number of methoxy groups -OCH3 is 2. The van der Waals surface area contributed by atoms with Crippen LogP contribution in [-0.4, -0.2) is 30.7 Å². The molecule has 0 spiro atoms. The number of aromatic nitrogens is 2. The average molecular weight is 289 g/mol. The number of rotatable bonds is 3. The van der Waals surface area contributed by atoms with Crippen molar-refractivity contribution < 1.29 is 9.47 Å². The lowest BCUT2D eigenvalue weighted by Crippen LogP contribution is -1.98. The van der Waals surface area contributed by atoms with Crippen molar-refractivity contribution in [1.29, 1.82) is 0 Å². The number of nitrogens with zero attached hydrogens (tertiary/aromatic N) is 1. The first-order valence-corrected chi connectivity index (χ1v) is 6.73. The molecule has 20 heavy (non-hydrogen) atoms. The van der Waals surface area contributed by atoms with E-state index < -0.39 is 0 Å². The van der Waals surface area contributed by atoms with Gasteiger partial charge in [0.2, 0.25) is 0 Å². The lowest BCUT2D eigenvalue weighted by Gasteiger charge is -2.13. The van der Waals surface area contributed by atoms with Gasteiger partial charge in [0, 0.05) is 17.7 Å². The molecule has 0 saturated carbocycles. The predicted octanol–water partition coefficient (Wildman–Crippen LogP) is 2.79. The van der Waals surface area contributed by atoms with Crippen LogP contribution >= 0.6 is 12.2 Å². The second-order valence-corrected chi connectivity index (χ2v) is 4.87. The maximum Gasteiger partial charge on any atom is 0.199 e. The molecule has 0 saturated heterocycles. The largest absolute Gasteiger partial charge is 0.497 e. The van der Waals surface area contributed by atoms with Gasteiger partial charge < -0.3 is 19.8 Å². The summed E-state index contributed by atoms with van der Waals surface area (Å²) in [7, 11) is 3.30. The summed E-state index contributed by atoms with van der Waals surface area (Å²) in [5.74, 6) is 2.40. The smallest absolute Gasteiger partial charge is 0.199 e. The molecule has 5 nitrogen and oxygen atoms in total. The van der Waals surface area contributed by atoms with Crippen molar-refractivity contribution in [1.82, 2.24) is 9.97 Å². The van der Waals surface area contributed by atoms with Crippen LogP contribution in [0.25, 0.3) is 11.3 Å². The maximum absolute atomic E-state index is 5.45. The van der Waals surface area contributed by atoms with Crippen molar-refractivity contribution in [2.24, 2.45) is 0 Å². The third-order valence-corrected chi connectivity index (χ3v) is 3.57. The quantitative estimate of drug-likeness (QED) is 0.851. The molecule has 0 atom stereocenters. The number of H-pyrrole nitrogens is 1. The second kappa shape index (κ2) is 5.13. The van der Waals surface area contributed by atoms with Crippen LogP contribution in [0.4, 0.5) is 5.82 Å². The van der Waals surface area contributed by atoms with E-state index in [0.29, 0.717) is 4.77 Å². The van der Waals surface area contributed by atoms with Crippen LogP contribution in [0.2, 0.25) is 0 Å². The Bertz CT molecular complexity index is 712. The maximum atomic E-state index is 5.45. The first-order valence-electron chi connectivity index (χ1n) is 6.32. The number of nitrogens with one attached hydrogen (secondary N) is 2. The van der Waals surface area contributed by atoms with Gasteiger partial charge in [-0.3, -0.25) is 0 Å². The van der Waals surface area contributed by atoms with Crippen LogP contribution < -0.4 is 14.8 Å². The van der Waals surface area contributed by atoms with Gasteiger partial charge in [0.25, 0.3) is 0 Å². The van der Waals surface area contributed by atoms with Gasteiger partial charge in [-0.2, -0.15) is 0 Å². The van der Waals surface area contributed by atoms with Crippen molar-refractivity contribution >= 4 is 18.0 Å². The molecular weight excluding hydrogens is 274 g/mol. The summed E-state index contributed by atoms with van der Waals surface area (Å²) in [6.07, 6.45) is 0.907. The number of ether oxygens (including phenoxy) is 2. The molecule has 1 aliphatic heterocycles. The number of fused-ring (bicyclic) bond motifs is 1. The highest BCUT2D eigenvalue weighted by atomic mass is 32.1. The zero-order chi connectivity index (χ0) is 14.1. The molecule has 2 aromatic rings. The van der Waals surface area contributed by atoms with Crippen LogP contribution in [0.3, 0.4) is 0 Å². The normalized spacial score (nSPS) is 12.7. The molecule has 0 radical (unpaired) electrons. The molecule has 0 amide bonds. The van der Waals surface area contributed by atoms with E-state index in [-0.39, 0.29) is 0 Å². The van der Waals surface area contributed by atoms with Crippen LogP contribution in [-0.2, 0) is 6.42 Å². The Kier molecular flexibility index (Phi) is 3.31. The van der Waals surface area contributed by atoms with Gasteiger partial charge in [0.15, 0.2) is 4.77 Å². The fourth-order valence-corrected chi connectivity index (χ4v) is 2.63. The molecular formula is C14H15N3O2S. The van der Waals surface area contributed by atoms with Gasteiger partial charge >= 0.3 is 0 Å². The van der Waals surface area contributed by atoms with Crippen molar-refractivity contribution in [3.8, 4) is 22.8 Å². The van der Waals surface area contributed by atoms with Crippen molar-refractivity contribution in [2.75, 3.05) is 26.1 Å². The third-order valence-electron chi connectivity index (χ3n) is 3.38. The van der Waals surface area contributed by atoms with Crippen LogP contribution in [0, 0.1) is 4.77 Å². The molecule has 1 aromatic carbocycles. The summed E-state index contributed by atoms with van der Waals surface area (Å²) in [6, 6.07) is 5.70. The summed E-state index contributed by atoms with van der Waals surface area (Å²) in [4.78, 5) is 7.49. The Balaban J connectivity index is 2.25. The van der Waals surface area contributed by atoms with Gasteiger partial charge in [-0.05, 0) is 36.8 Å². The van der Waals surface area contributed by atoms with Crippen LogP contribution in [0.5, 0.6) is 11.5 Å². The van der Waals surface area contributed by atoms with Crippen LogP contribution in [0.1, 0.15) is 5.56 Å². The molecule has 3 rings (SSSR count). The summed E-state index contributed by atoms with van der Waals surface area (Å²) < 4.78 is 11.2. The van der Waals surface area contributed by atoms with Crippen molar-refractivity contribution in [3.63, 3.8) is 0 Å². The molecule has 6 heteroatoms. The highest BCUT2D eigenvalue weighted by Crippen LogP contribution is 2.37. The predicted molar refractivity (Wildman–Crippen MR) is 80.2 cm³/mol. The first-order chi connectivity index (χ1) is 9.72. The van der Waals surface area contributed by atoms with E-state index in [0.717, 1.165) is 47.1 Å². The first kappa shape index (κ1) is 12.9. The molecule has 1 aliphatic rings. The molecule has 2 heterocycles. The summed E-state index contributed by atoms with van der Waals surface area (Å²) >= 11 is 5.20. The zero-order valence-electron chi connectivity index (χ0n) is 11.3.